The lowest BCUT2D eigenvalue weighted by atomic mass is 9.87. The van der Waals surface area contributed by atoms with E-state index >= 15 is 0 Å². The molecule has 0 fully saturated rings. The van der Waals surface area contributed by atoms with Crippen molar-refractivity contribution < 1.29 is 35.8 Å². The Labute approximate surface area is 117 Å². The number of benzene rings is 1. The summed E-state index contributed by atoms with van der Waals surface area (Å²) in [5.74, 6) is 0. The predicted octanol–water partition coefficient (Wildman–Crippen LogP) is 4.24. The van der Waals surface area contributed by atoms with Gasteiger partial charge in [0.2, 0.25) is 0 Å². The molecule has 120 valence electrons. The Hall–Kier alpha value is -1.28. The molecule has 1 aromatic carbocycles. The van der Waals surface area contributed by atoms with Crippen molar-refractivity contribution in [2.24, 2.45) is 0 Å². The molecule has 21 heavy (non-hydrogen) atoms. The fourth-order valence-electron chi connectivity index (χ4n) is 1.97. The molecule has 0 heterocycles. The molecule has 0 saturated heterocycles. The highest BCUT2D eigenvalue weighted by Crippen LogP contribution is 2.53. The van der Waals surface area contributed by atoms with Crippen LogP contribution in [0.15, 0.2) is 18.2 Å². The van der Waals surface area contributed by atoms with Gasteiger partial charge in [0, 0.05) is 12.7 Å². The van der Waals surface area contributed by atoms with Gasteiger partial charge in [0.05, 0.1) is 0 Å². The number of methoxy groups -OCH3 is 1. The summed E-state index contributed by atoms with van der Waals surface area (Å²) in [5, 5.41) is 0. The molecule has 8 heteroatoms. The molecule has 0 bridgehead atoms. The van der Waals surface area contributed by atoms with Crippen LogP contribution in [0.4, 0.5) is 26.3 Å². The predicted molar refractivity (Wildman–Crippen MR) is 62.7 cm³/mol. The molecule has 0 saturated carbocycles. The van der Waals surface area contributed by atoms with Gasteiger partial charge in [-0.3, -0.25) is 0 Å². The molecule has 0 aliphatic rings. The Morgan fingerprint density at radius 1 is 0.952 bits per heavy atom. The number of rotatable bonds is 4. The average Bonchev–Trinajstić information content (AvgIpc) is 2.30. The minimum atomic E-state index is -5.69. The highest BCUT2D eigenvalue weighted by Gasteiger charge is 2.73. The van der Waals surface area contributed by atoms with E-state index in [1.807, 2.05) is 0 Å². The van der Waals surface area contributed by atoms with E-state index in [4.69, 9.17) is 0 Å². The Morgan fingerprint density at radius 3 is 1.90 bits per heavy atom. The molecule has 1 aromatic rings. The Morgan fingerprint density at radius 2 is 1.48 bits per heavy atom. The van der Waals surface area contributed by atoms with Crippen molar-refractivity contribution in [3.63, 3.8) is 0 Å². The van der Waals surface area contributed by atoms with Crippen LogP contribution >= 0.6 is 0 Å². The highest BCUT2D eigenvalue weighted by atomic mass is 19.4. The number of hydrogen-bond acceptors (Lipinski definition) is 2. The van der Waals surface area contributed by atoms with Gasteiger partial charge in [-0.2, -0.15) is 26.3 Å². The van der Waals surface area contributed by atoms with Crippen molar-refractivity contribution in [1.29, 1.82) is 0 Å². The topological polar surface area (TPSA) is 18.5 Å². The summed E-state index contributed by atoms with van der Waals surface area (Å²) in [4.78, 5) is 0. The van der Waals surface area contributed by atoms with Crippen molar-refractivity contribution in [3.05, 3.63) is 34.9 Å². The molecule has 1 rings (SSSR count). The number of alkyl halides is 6. The SMILES string of the molecule is COCOC(c1cc(C)ccc1C)(C(F)(F)F)C(F)(F)F. The van der Waals surface area contributed by atoms with E-state index in [2.05, 4.69) is 9.47 Å². The maximum absolute atomic E-state index is 13.3. The van der Waals surface area contributed by atoms with Gasteiger partial charge in [-0.05, 0) is 19.4 Å². The second kappa shape index (κ2) is 5.84. The molecule has 0 N–H and O–H groups in total. The summed E-state index contributed by atoms with van der Waals surface area (Å²) in [6.45, 7) is 1.42. The largest absolute Gasteiger partial charge is 0.430 e. The molecular formula is C13H14F6O2. The summed E-state index contributed by atoms with van der Waals surface area (Å²) in [5.41, 5.74) is -5.33. The van der Waals surface area contributed by atoms with E-state index in [0.29, 0.717) is 0 Å². The highest BCUT2D eigenvalue weighted by molar-refractivity contribution is 5.37. The summed E-state index contributed by atoms with van der Waals surface area (Å²) >= 11 is 0. The molecule has 0 atom stereocenters. The van der Waals surface area contributed by atoms with Gasteiger partial charge in [-0.15, -0.1) is 0 Å². The average molecular weight is 316 g/mol. The molecule has 0 unspecified atom stereocenters. The summed E-state index contributed by atoms with van der Waals surface area (Å²) < 4.78 is 88.2. The molecule has 0 spiro atoms. The summed E-state index contributed by atoms with van der Waals surface area (Å²) in [7, 11) is 0.945. The lowest BCUT2D eigenvalue weighted by Gasteiger charge is -2.38. The smallest absolute Gasteiger partial charge is 0.359 e. The van der Waals surface area contributed by atoms with Crippen LogP contribution < -0.4 is 0 Å². The number of aryl methyl sites for hydroxylation is 2. The quantitative estimate of drug-likeness (QED) is 0.611. The van der Waals surface area contributed by atoms with Crippen molar-refractivity contribution >= 4 is 0 Å². The lowest BCUT2D eigenvalue weighted by Crippen LogP contribution is -2.56. The van der Waals surface area contributed by atoms with E-state index in [1.165, 1.54) is 19.1 Å². The first-order valence-electron chi connectivity index (χ1n) is 5.81. The van der Waals surface area contributed by atoms with E-state index < -0.39 is 30.3 Å². The second-order valence-corrected chi connectivity index (χ2v) is 4.55. The lowest BCUT2D eigenvalue weighted by molar-refractivity contribution is -0.400. The van der Waals surface area contributed by atoms with E-state index in [-0.39, 0.29) is 11.1 Å². The van der Waals surface area contributed by atoms with Gasteiger partial charge < -0.3 is 9.47 Å². The Balaban J connectivity index is 3.67. The maximum atomic E-state index is 13.3. The van der Waals surface area contributed by atoms with Gasteiger partial charge in [-0.1, -0.05) is 23.8 Å². The molecular weight excluding hydrogens is 302 g/mol. The van der Waals surface area contributed by atoms with Gasteiger partial charge in [0.15, 0.2) is 0 Å². The molecule has 0 aromatic heterocycles. The van der Waals surface area contributed by atoms with Crippen LogP contribution in [0, 0.1) is 13.8 Å². The van der Waals surface area contributed by atoms with Crippen molar-refractivity contribution in [1.82, 2.24) is 0 Å². The fourth-order valence-corrected chi connectivity index (χ4v) is 1.97. The van der Waals surface area contributed by atoms with Crippen LogP contribution in [0.3, 0.4) is 0 Å². The van der Waals surface area contributed by atoms with E-state index in [9.17, 15) is 26.3 Å². The molecule has 0 radical (unpaired) electrons. The van der Waals surface area contributed by atoms with Crippen molar-refractivity contribution in [2.45, 2.75) is 31.8 Å². The van der Waals surface area contributed by atoms with Crippen LogP contribution in [0.25, 0.3) is 0 Å². The molecule has 2 nitrogen and oxygen atoms in total. The second-order valence-electron chi connectivity index (χ2n) is 4.55. The number of hydrogen-bond donors (Lipinski definition) is 0. The third-order valence-corrected chi connectivity index (χ3v) is 2.96. The molecule has 0 aliphatic heterocycles. The zero-order valence-electron chi connectivity index (χ0n) is 11.5. The maximum Gasteiger partial charge on any atom is 0.430 e. The van der Waals surface area contributed by atoms with Crippen molar-refractivity contribution in [3.8, 4) is 0 Å². The first-order valence-corrected chi connectivity index (χ1v) is 5.81. The van der Waals surface area contributed by atoms with Crippen molar-refractivity contribution in [2.75, 3.05) is 13.9 Å². The fraction of sp³-hybridized carbons (Fsp3) is 0.538. The molecule has 0 aliphatic carbocycles. The van der Waals surface area contributed by atoms with Crippen LogP contribution in [0.1, 0.15) is 16.7 Å². The first-order chi connectivity index (χ1) is 9.47. The zero-order valence-corrected chi connectivity index (χ0v) is 11.5. The van der Waals surface area contributed by atoms with Crippen LogP contribution in [0.2, 0.25) is 0 Å². The minimum Gasteiger partial charge on any atom is -0.359 e. The van der Waals surface area contributed by atoms with Gasteiger partial charge >= 0.3 is 12.4 Å². The monoisotopic (exact) mass is 316 g/mol. The third-order valence-electron chi connectivity index (χ3n) is 2.96. The normalized spacial score (nSPS) is 13.6. The van der Waals surface area contributed by atoms with Gasteiger partial charge in [-0.25, -0.2) is 0 Å². The van der Waals surface area contributed by atoms with E-state index in [1.54, 1.807) is 0 Å². The number of halogens is 6. The Bertz CT molecular complexity index is 478. The van der Waals surface area contributed by atoms with Crippen LogP contribution in [0.5, 0.6) is 0 Å². The standard InChI is InChI=1S/C13H14F6O2/c1-8-4-5-9(2)10(6-8)11(12(14,15)16,13(17,18)19)21-7-20-3/h4-6H,7H2,1-3H3. The van der Waals surface area contributed by atoms with Gasteiger partial charge in [0.1, 0.15) is 6.79 Å². The number of ether oxygens (including phenoxy) is 2. The Kier molecular flexibility index (Phi) is 4.94. The molecule has 0 amide bonds. The summed E-state index contributed by atoms with van der Waals surface area (Å²) in [6.07, 6.45) is -11.4. The minimum absolute atomic E-state index is 0.175. The van der Waals surface area contributed by atoms with Crippen LogP contribution in [-0.2, 0) is 15.1 Å². The first kappa shape index (κ1) is 17.8. The summed E-state index contributed by atoms with van der Waals surface area (Å²) in [6, 6.07) is 3.44. The van der Waals surface area contributed by atoms with Crippen LogP contribution in [-0.4, -0.2) is 26.3 Å². The zero-order chi connectivity index (χ0) is 16.5. The van der Waals surface area contributed by atoms with Gasteiger partial charge in [0.25, 0.3) is 5.60 Å². The third kappa shape index (κ3) is 3.16. The van der Waals surface area contributed by atoms with E-state index in [0.717, 1.165) is 20.1 Å².